The molecule has 0 radical (unpaired) electrons. The number of benzene rings is 1. The summed E-state index contributed by atoms with van der Waals surface area (Å²) in [5.41, 5.74) is 1.67. The molecule has 0 bridgehead atoms. The maximum absolute atomic E-state index is 14.2. The highest BCUT2D eigenvalue weighted by Gasteiger charge is 2.31. The first-order chi connectivity index (χ1) is 10.2. The third-order valence-corrected chi connectivity index (χ3v) is 4.01. The second kappa shape index (κ2) is 5.64. The molecule has 4 heteroatoms. The van der Waals surface area contributed by atoms with Crippen molar-refractivity contribution in [2.24, 2.45) is 0 Å². The Morgan fingerprint density at radius 1 is 1.33 bits per heavy atom. The average Bonchev–Trinajstić information content (AvgIpc) is 3.00. The van der Waals surface area contributed by atoms with Crippen LogP contribution < -0.4 is 0 Å². The number of pyridine rings is 1. The Morgan fingerprint density at radius 2 is 2.19 bits per heavy atom. The normalized spacial score (nSPS) is 18.0. The molecule has 108 valence electrons. The van der Waals surface area contributed by atoms with Crippen molar-refractivity contribution in [2.45, 2.75) is 25.8 Å². The van der Waals surface area contributed by atoms with E-state index in [0.717, 1.165) is 18.4 Å². The molecule has 1 aliphatic rings. The lowest BCUT2D eigenvalue weighted by Gasteiger charge is -2.25. The van der Waals surface area contributed by atoms with Crippen LogP contribution in [0.2, 0.25) is 0 Å². The number of likely N-dealkylation sites (tertiary alicyclic amines) is 1. The van der Waals surface area contributed by atoms with Crippen LogP contribution in [-0.4, -0.2) is 22.3 Å². The quantitative estimate of drug-likeness (QED) is 0.845. The van der Waals surface area contributed by atoms with E-state index in [-0.39, 0.29) is 17.5 Å². The maximum atomic E-state index is 14.2. The molecule has 21 heavy (non-hydrogen) atoms. The zero-order valence-electron chi connectivity index (χ0n) is 11.9. The second-order valence-corrected chi connectivity index (χ2v) is 5.38. The fourth-order valence-electron chi connectivity index (χ4n) is 2.90. The minimum absolute atomic E-state index is 0.00823. The van der Waals surface area contributed by atoms with Crippen LogP contribution in [0.3, 0.4) is 0 Å². The Labute approximate surface area is 123 Å². The van der Waals surface area contributed by atoms with Crippen LogP contribution in [-0.2, 0) is 0 Å². The molecule has 1 fully saturated rings. The first-order valence-corrected chi connectivity index (χ1v) is 7.14. The van der Waals surface area contributed by atoms with E-state index in [1.54, 1.807) is 42.4 Å². The molecule has 2 aromatic rings. The standard InChI is InChI=1S/C17H17FN2O/c1-12-5-2-7-14(16(12)18)17(21)20-10-4-8-15(20)13-6-3-9-19-11-13/h2-3,5-7,9,11,15H,4,8,10H2,1H3. The number of carbonyl (C=O) groups excluding carboxylic acids is 1. The summed E-state index contributed by atoms with van der Waals surface area (Å²) in [5.74, 6) is -0.651. The van der Waals surface area contributed by atoms with E-state index < -0.39 is 5.82 Å². The fourth-order valence-corrected chi connectivity index (χ4v) is 2.90. The third kappa shape index (κ3) is 2.53. The molecular weight excluding hydrogens is 267 g/mol. The molecule has 0 N–H and O–H groups in total. The number of halogens is 1. The molecule has 1 amide bonds. The lowest BCUT2D eigenvalue weighted by Crippen LogP contribution is -2.31. The van der Waals surface area contributed by atoms with E-state index in [4.69, 9.17) is 0 Å². The first-order valence-electron chi connectivity index (χ1n) is 7.14. The van der Waals surface area contributed by atoms with Gasteiger partial charge < -0.3 is 4.90 Å². The molecule has 0 saturated carbocycles. The highest BCUT2D eigenvalue weighted by atomic mass is 19.1. The van der Waals surface area contributed by atoms with E-state index in [0.29, 0.717) is 12.1 Å². The predicted octanol–water partition coefficient (Wildman–Crippen LogP) is 3.51. The summed E-state index contributed by atoms with van der Waals surface area (Å²) in [6.07, 6.45) is 5.32. The van der Waals surface area contributed by atoms with Crippen LogP contribution in [0.1, 0.15) is 40.4 Å². The molecule has 1 aromatic carbocycles. The van der Waals surface area contributed by atoms with Crippen LogP contribution in [0.15, 0.2) is 42.7 Å². The van der Waals surface area contributed by atoms with Crippen molar-refractivity contribution in [3.05, 3.63) is 65.2 Å². The van der Waals surface area contributed by atoms with Gasteiger partial charge in [-0.15, -0.1) is 0 Å². The number of nitrogens with zero attached hydrogens (tertiary/aromatic N) is 2. The molecule has 1 saturated heterocycles. The SMILES string of the molecule is Cc1cccc(C(=O)N2CCCC2c2cccnc2)c1F. The van der Waals surface area contributed by atoms with Crippen molar-refractivity contribution >= 4 is 5.91 Å². The Hall–Kier alpha value is -2.23. The molecule has 3 rings (SSSR count). The third-order valence-electron chi connectivity index (χ3n) is 4.01. The minimum Gasteiger partial charge on any atom is -0.331 e. The number of aromatic nitrogens is 1. The summed E-state index contributed by atoms with van der Waals surface area (Å²) in [7, 11) is 0. The van der Waals surface area contributed by atoms with Gasteiger partial charge in [0, 0.05) is 18.9 Å². The monoisotopic (exact) mass is 284 g/mol. The predicted molar refractivity (Wildman–Crippen MR) is 78.4 cm³/mol. The Morgan fingerprint density at radius 3 is 2.95 bits per heavy atom. The van der Waals surface area contributed by atoms with Gasteiger partial charge >= 0.3 is 0 Å². The highest BCUT2D eigenvalue weighted by Crippen LogP contribution is 2.33. The van der Waals surface area contributed by atoms with Gasteiger partial charge in [-0.3, -0.25) is 9.78 Å². The van der Waals surface area contributed by atoms with E-state index in [9.17, 15) is 9.18 Å². The number of rotatable bonds is 2. The van der Waals surface area contributed by atoms with Gasteiger partial charge in [0.1, 0.15) is 5.82 Å². The van der Waals surface area contributed by atoms with Crippen molar-refractivity contribution in [3.8, 4) is 0 Å². The van der Waals surface area contributed by atoms with Gasteiger partial charge in [-0.1, -0.05) is 18.2 Å². The summed E-state index contributed by atoms with van der Waals surface area (Å²) in [6, 6.07) is 8.78. The molecule has 1 aromatic heterocycles. The molecule has 1 unspecified atom stereocenters. The van der Waals surface area contributed by atoms with Crippen molar-refractivity contribution < 1.29 is 9.18 Å². The zero-order chi connectivity index (χ0) is 14.8. The summed E-state index contributed by atoms with van der Waals surface area (Å²) in [6.45, 7) is 2.33. The van der Waals surface area contributed by atoms with E-state index >= 15 is 0 Å². The van der Waals surface area contributed by atoms with E-state index in [1.807, 2.05) is 12.1 Å². The number of hydrogen-bond donors (Lipinski definition) is 0. The average molecular weight is 284 g/mol. The smallest absolute Gasteiger partial charge is 0.257 e. The van der Waals surface area contributed by atoms with Crippen LogP contribution in [0.25, 0.3) is 0 Å². The van der Waals surface area contributed by atoms with Crippen molar-refractivity contribution in [1.82, 2.24) is 9.88 Å². The summed E-state index contributed by atoms with van der Waals surface area (Å²) >= 11 is 0. The van der Waals surface area contributed by atoms with Crippen molar-refractivity contribution in [3.63, 3.8) is 0 Å². The summed E-state index contributed by atoms with van der Waals surface area (Å²) < 4.78 is 14.2. The number of aryl methyl sites for hydroxylation is 1. The molecule has 0 spiro atoms. The number of hydrogen-bond acceptors (Lipinski definition) is 2. The molecule has 1 atom stereocenters. The minimum atomic E-state index is -0.417. The van der Waals surface area contributed by atoms with Gasteiger partial charge in [0.25, 0.3) is 5.91 Å². The Kier molecular flexibility index (Phi) is 3.69. The van der Waals surface area contributed by atoms with E-state index in [2.05, 4.69) is 4.98 Å². The van der Waals surface area contributed by atoms with Gasteiger partial charge in [0.2, 0.25) is 0 Å². The molecule has 1 aliphatic heterocycles. The van der Waals surface area contributed by atoms with Gasteiger partial charge in [-0.25, -0.2) is 4.39 Å². The molecular formula is C17H17FN2O. The fraction of sp³-hybridized carbons (Fsp3) is 0.294. The molecule has 3 nitrogen and oxygen atoms in total. The van der Waals surface area contributed by atoms with Gasteiger partial charge in [-0.2, -0.15) is 0 Å². The van der Waals surface area contributed by atoms with Crippen LogP contribution in [0, 0.1) is 12.7 Å². The topological polar surface area (TPSA) is 33.2 Å². The first kappa shape index (κ1) is 13.7. The van der Waals surface area contributed by atoms with Crippen LogP contribution >= 0.6 is 0 Å². The Bertz CT molecular complexity index is 657. The zero-order valence-corrected chi connectivity index (χ0v) is 11.9. The van der Waals surface area contributed by atoms with Gasteiger partial charge in [0.05, 0.1) is 11.6 Å². The van der Waals surface area contributed by atoms with Crippen molar-refractivity contribution in [2.75, 3.05) is 6.54 Å². The summed E-state index contributed by atoms with van der Waals surface area (Å²) in [5, 5.41) is 0. The summed E-state index contributed by atoms with van der Waals surface area (Å²) in [4.78, 5) is 18.5. The second-order valence-electron chi connectivity index (χ2n) is 5.38. The van der Waals surface area contributed by atoms with Crippen LogP contribution in [0.4, 0.5) is 4.39 Å². The van der Waals surface area contributed by atoms with Crippen LogP contribution in [0.5, 0.6) is 0 Å². The number of amides is 1. The van der Waals surface area contributed by atoms with Gasteiger partial charge in [0.15, 0.2) is 0 Å². The largest absolute Gasteiger partial charge is 0.331 e. The maximum Gasteiger partial charge on any atom is 0.257 e. The molecule has 2 heterocycles. The highest BCUT2D eigenvalue weighted by molar-refractivity contribution is 5.95. The Balaban J connectivity index is 1.92. The number of carbonyl (C=O) groups is 1. The lowest BCUT2D eigenvalue weighted by molar-refractivity contribution is 0.0730. The van der Waals surface area contributed by atoms with E-state index in [1.165, 1.54) is 0 Å². The molecule has 0 aliphatic carbocycles. The van der Waals surface area contributed by atoms with Gasteiger partial charge in [-0.05, 0) is 43.0 Å². The lowest BCUT2D eigenvalue weighted by atomic mass is 10.1. The van der Waals surface area contributed by atoms with Crippen molar-refractivity contribution in [1.29, 1.82) is 0 Å².